The lowest BCUT2D eigenvalue weighted by atomic mass is 10.1. The normalized spacial score (nSPS) is 13.7. The molecule has 1 N–H and O–H groups in total. The Balaban J connectivity index is 2.28. The van der Waals surface area contributed by atoms with Crippen molar-refractivity contribution in [2.24, 2.45) is 0 Å². The van der Waals surface area contributed by atoms with Gasteiger partial charge in [0.25, 0.3) is 0 Å². The van der Waals surface area contributed by atoms with E-state index >= 15 is 0 Å². The van der Waals surface area contributed by atoms with Crippen molar-refractivity contribution >= 4 is 44.8 Å². The Labute approximate surface area is 170 Å². The molecule has 2 atom stereocenters. The first-order valence-corrected chi connectivity index (χ1v) is 10.9. The second-order valence-corrected chi connectivity index (χ2v) is 9.24. The predicted octanol–water partition coefficient (Wildman–Crippen LogP) is 4.33. The van der Waals surface area contributed by atoms with E-state index in [-0.39, 0.29) is 21.8 Å². The zero-order chi connectivity index (χ0) is 20.4. The maximum Gasteiger partial charge on any atom is 0.244 e. The van der Waals surface area contributed by atoms with Crippen molar-refractivity contribution < 1.29 is 13.2 Å². The molecule has 0 radical (unpaired) electrons. The minimum absolute atomic E-state index is 0.237. The van der Waals surface area contributed by atoms with Crippen LogP contribution in [0.1, 0.15) is 31.0 Å². The molecule has 0 saturated carbocycles. The predicted molar refractivity (Wildman–Crippen MR) is 111 cm³/mol. The smallest absolute Gasteiger partial charge is 0.244 e. The molecule has 0 aliphatic rings. The Hall–Kier alpha value is -1.76. The molecule has 2 aromatic carbocycles. The van der Waals surface area contributed by atoms with Crippen LogP contribution < -0.4 is 9.62 Å². The summed E-state index contributed by atoms with van der Waals surface area (Å²) >= 11 is 12.0. The summed E-state index contributed by atoms with van der Waals surface area (Å²) in [5, 5.41) is 3.42. The van der Waals surface area contributed by atoms with Gasteiger partial charge in [-0.2, -0.15) is 0 Å². The summed E-state index contributed by atoms with van der Waals surface area (Å²) < 4.78 is 25.7. The summed E-state index contributed by atoms with van der Waals surface area (Å²) in [6.07, 6.45) is 1.04. The van der Waals surface area contributed by atoms with Crippen molar-refractivity contribution in [1.29, 1.82) is 0 Å². The second kappa shape index (κ2) is 8.50. The Morgan fingerprint density at radius 1 is 1.04 bits per heavy atom. The number of hydrogen-bond acceptors (Lipinski definition) is 3. The number of aryl methyl sites for hydroxylation is 1. The summed E-state index contributed by atoms with van der Waals surface area (Å²) in [6.45, 7) is 5.35. The van der Waals surface area contributed by atoms with Gasteiger partial charge in [-0.05, 0) is 44.5 Å². The van der Waals surface area contributed by atoms with Crippen LogP contribution in [-0.2, 0) is 14.8 Å². The highest BCUT2D eigenvalue weighted by Crippen LogP contribution is 2.28. The number of halogens is 2. The fourth-order valence-corrected chi connectivity index (χ4v) is 4.42. The summed E-state index contributed by atoms with van der Waals surface area (Å²) in [5.74, 6) is -0.426. The summed E-state index contributed by atoms with van der Waals surface area (Å²) in [7, 11) is -3.75. The molecule has 0 aliphatic carbocycles. The average molecular weight is 429 g/mol. The Bertz CT molecular complexity index is 910. The molecule has 0 heterocycles. The van der Waals surface area contributed by atoms with Crippen LogP contribution in [0.5, 0.6) is 0 Å². The van der Waals surface area contributed by atoms with Crippen molar-refractivity contribution in [2.75, 3.05) is 10.6 Å². The number of sulfonamides is 1. The van der Waals surface area contributed by atoms with Gasteiger partial charge in [0.15, 0.2) is 0 Å². The Morgan fingerprint density at radius 3 is 2.04 bits per heavy atom. The van der Waals surface area contributed by atoms with Gasteiger partial charge in [-0.15, -0.1) is 0 Å². The van der Waals surface area contributed by atoms with Gasteiger partial charge in [0.1, 0.15) is 6.04 Å². The molecule has 0 bridgehead atoms. The van der Waals surface area contributed by atoms with E-state index < -0.39 is 22.0 Å². The number of carbonyl (C=O) groups excluding carboxylic acids is 1. The molecule has 8 heteroatoms. The first-order valence-electron chi connectivity index (χ1n) is 8.31. The minimum Gasteiger partial charge on any atom is -0.348 e. The van der Waals surface area contributed by atoms with Crippen LogP contribution in [0.25, 0.3) is 0 Å². The van der Waals surface area contributed by atoms with Crippen molar-refractivity contribution in [3.63, 3.8) is 0 Å². The van der Waals surface area contributed by atoms with Crippen molar-refractivity contribution in [3.8, 4) is 0 Å². The number of benzene rings is 2. The lowest BCUT2D eigenvalue weighted by molar-refractivity contribution is -0.122. The van der Waals surface area contributed by atoms with Gasteiger partial charge in [0.2, 0.25) is 15.9 Å². The molecule has 0 unspecified atom stereocenters. The van der Waals surface area contributed by atoms with Crippen molar-refractivity contribution in [1.82, 2.24) is 5.32 Å². The molecule has 5 nitrogen and oxygen atoms in total. The van der Waals surface area contributed by atoms with Gasteiger partial charge in [0.05, 0.1) is 18.0 Å². The third-order valence-corrected chi connectivity index (χ3v) is 5.80. The van der Waals surface area contributed by atoms with Crippen LogP contribution in [0.2, 0.25) is 10.0 Å². The van der Waals surface area contributed by atoms with Gasteiger partial charge in [-0.3, -0.25) is 9.10 Å². The molecule has 0 fully saturated rings. The van der Waals surface area contributed by atoms with E-state index in [9.17, 15) is 13.2 Å². The van der Waals surface area contributed by atoms with Crippen LogP contribution in [0, 0.1) is 6.92 Å². The van der Waals surface area contributed by atoms with Gasteiger partial charge < -0.3 is 5.32 Å². The van der Waals surface area contributed by atoms with Crippen molar-refractivity contribution in [3.05, 3.63) is 63.6 Å². The fourth-order valence-electron chi connectivity index (χ4n) is 2.75. The van der Waals surface area contributed by atoms with Crippen LogP contribution in [-0.4, -0.2) is 26.6 Å². The minimum atomic E-state index is -3.75. The van der Waals surface area contributed by atoms with Crippen LogP contribution in [0.4, 0.5) is 5.69 Å². The monoisotopic (exact) mass is 428 g/mol. The Morgan fingerprint density at radius 2 is 1.56 bits per heavy atom. The number of rotatable bonds is 6. The maximum absolute atomic E-state index is 12.7. The molecule has 0 spiro atoms. The molecule has 1 amide bonds. The van der Waals surface area contributed by atoms with Crippen LogP contribution in [0.3, 0.4) is 0 Å². The molecule has 27 heavy (non-hydrogen) atoms. The van der Waals surface area contributed by atoms with E-state index in [2.05, 4.69) is 5.32 Å². The first-order chi connectivity index (χ1) is 12.5. The molecule has 0 saturated heterocycles. The SMILES string of the molecule is Cc1ccc([C@@H](C)NC(=O)[C@H](C)N(c2cc(Cl)cc(Cl)c2)S(C)(=O)=O)cc1. The lowest BCUT2D eigenvalue weighted by Gasteiger charge is -2.29. The van der Waals surface area contributed by atoms with Gasteiger partial charge in [-0.1, -0.05) is 53.0 Å². The molecule has 2 aromatic rings. The van der Waals surface area contributed by atoms with Crippen LogP contribution in [0.15, 0.2) is 42.5 Å². The summed E-state index contributed by atoms with van der Waals surface area (Å²) in [4.78, 5) is 12.7. The molecule has 146 valence electrons. The van der Waals surface area contributed by atoms with E-state index in [0.717, 1.165) is 21.7 Å². The van der Waals surface area contributed by atoms with E-state index in [0.29, 0.717) is 0 Å². The summed E-state index contributed by atoms with van der Waals surface area (Å²) in [5.41, 5.74) is 2.28. The summed E-state index contributed by atoms with van der Waals surface area (Å²) in [6, 6.07) is 10.9. The van der Waals surface area contributed by atoms with Gasteiger partial charge in [0, 0.05) is 10.0 Å². The zero-order valence-electron chi connectivity index (χ0n) is 15.5. The second-order valence-electron chi connectivity index (χ2n) is 6.50. The average Bonchev–Trinajstić information content (AvgIpc) is 2.53. The largest absolute Gasteiger partial charge is 0.348 e. The quantitative estimate of drug-likeness (QED) is 0.743. The molecular weight excluding hydrogens is 407 g/mol. The number of hydrogen-bond donors (Lipinski definition) is 1. The topological polar surface area (TPSA) is 66.5 Å². The standard InChI is InChI=1S/C19H22Cl2N2O3S/c1-12-5-7-15(8-6-12)13(2)22-19(24)14(3)23(27(4,25)26)18-10-16(20)9-17(21)11-18/h5-11,13-14H,1-4H3,(H,22,24)/t13-,14+/m1/s1. The van der Waals surface area contributed by atoms with E-state index in [4.69, 9.17) is 23.2 Å². The van der Waals surface area contributed by atoms with Crippen LogP contribution >= 0.6 is 23.2 Å². The highest BCUT2D eigenvalue weighted by atomic mass is 35.5. The molecule has 2 rings (SSSR count). The molecule has 0 aliphatic heterocycles. The molecule has 0 aromatic heterocycles. The first kappa shape index (κ1) is 21.5. The van der Waals surface area contributed by atoms with Gasteiger partial charge >= 0.3 is 0 Å². The number of amides is 1. The fraction of sp³-hybridized carbons (Fsp3) is 0.316. The van der Waals surface area contributed by atoms with Gasteiger partial charge in [-0.25, -0.2) is 8.42 Å². The van der Waals surface area contributed by atoms with E-state index in [1.165, 1.54) is 25.1 Å². The highest BCUT2D eigenvalue weighted by molar-refractivity contribution is 7.92. The third-order valence-electron chi connectivity index (χ3n) is 4.13. The Kier molecular flexibility index (Phi) is 6.78. The number of nitrogens with one attached hydrogen (secondary N) is 1. The zero-order valence-corrected chi connectivity index (χ0v) is 17.9. The highest BCUT2D eigenvalue weighted by Gasteiger charge is 2.30. The lowest BCUT2D eigenvalue weighted by Crippen LogP contribution is -2.48. The number of nitrogens with zero attached hydrogens (tertiary/aromatic N) is 1. The van der Waals surface area contributed by atoms with E-state index in [1.54, 1.807) is 0 Å². The number of carbonyl (C=O) groups is 1. The van der Waals surface area contributed by atoms with E-state index in [1.807, 2.05) is 38.1 Å². The molecular formula is C19H22Cl2N2O3S. The number of anilines is 1. The van der Waals surface area contributed by atoms with Crippen molar-refractivity contribution in [2.45, 2.75) is 32.9 Å². The third kappa shape index (κ3) is 5.61. The maximum atomic E-state index is 12.7.